The van der Waals surface area contributed by atoms with Gasteiger partial charge in [0.15, 0.2) is 0 Å². The van der Waals surface area contributed by atoms with Gasteiger partial charge in [-0.3, -0.25) is 4.79 Å². The largest absolute Gasteiger partial charge is 0.488 e. The van der Waals surface area contributed by atoms with Crippen LogP contribution in [0.5, 0.6) is 0 Å². The van der Waals surface area contributed by atoms with Crippen molar-refractivity contribution in [2.24, 2.45) is 0 Å². The molecule has 0 aliphatic heterocycles. The fraction of sp³-hybridized carbons (Fsp3) is 0.100. The summed E-state index contributed by atoms with van der Waals surface area (Å²) in [7, 11) is -1.58. The first-order valence-electron chi connectivity index (χ1n) is 4.33. The third-order valence-corrected chi connectivity index (χ3v) is 1.80. The molecule has 0 radical (unpaired) electrons. The summed E-state index contributed by atoms with van der Waals surface area (Å²) in [6.07, 6.45) is 4.99. The molecule has 0 aliphatic rings. The molecule has 0 saturated heterocycles. The second kappa shape index (κ2) is 5.20. The molecule has 0 bridgehead atoms. The number of rotatable bonds is 3. The van der Waals surface area contributed by atoms with Gasteiger partial charge in [-0.05, 0) is 17.6 Å². The molecular weight excluding hydrogens is 193 g/mol. The smallest absolute Gasteiger partial charge is 0.423 e. The van der Waals surface area contributed by atoms with Crippen LogP contribution in [-0.2, 0) is 0 Å². The van der Waals surface area contributed by atoms with Gasteiger partial charge < -0.3 is 15.4 Å². The standard InChI is InChI=1S/C10H10BNO3/c1-2-6-12-10(13)8-4-3-5-9(7-8)11(14)15/h1,3-5,7,14-15H,6H2,(H,12,13). The van der Waals surface area contributed by atoms with Gasteiger partial charge in [0.05, 0.1) is 6.54 Å². The molecule has 1 rings (SSSR count). The summed E-state index contributed by atoms with van der Waals surface area (Å²) < 4.78 is 0. The summed E-state index contributed by atoms with van der Waals surface area (Å²) in [6.45, 7) is 0.144. The maximum atomic E-state index is 11.4. The van der Waals surface area contributed by atoms with Crippen LogP contribution in [0, 0.1) is 12.3 Å². The molecule has 0 atom stereocenters. The lowest BCUT2D eigenvalue weighted by Crippen LogP contribution is -2.31. The first-order chi connectivity index (χ1) is 7.15. The van der Waals surface area contributed by atoms with Gasteiger partial charge in [0, 0.05) is 5.56 Å². The molecular formula is C10H10BNO3. The molecule has 4 nitrogen and oxygen atoms in total. The molecule has 0 aromatic heterocycles. The Hall–Kier alpha value is -1.77. The Morgan fingerprint density at radius 2 is 2.27 bits per heavy atom. The molecule has 0 aliphatic carbocycles. The molecule has 76 valence electrons. The third-order valence-electron chi connectivity index (χ3n) is 1.80. The predicted molar refractivity (Wildman–Crippen MR) is 57.4 cm³/mol. The first kappa shape index (κ1) is 11.3. The zero-order valence-electron chi connectivity index (χ0n) is 7.97. The van der Waals surface area contributed by atoms with Crippen molar-refractivity contribution in [2.75, 3.05) is 6.54 Å². The average molecular weight is 203 g/mol. The van der Waals surface area contributed by atoms with E-state index in [4.69, 9.17) is 16.5 Å². The van der Waals surface area contributed by atoms with Crippen molar-refractivity contribution < 1.29 is 14.8 Å². The van der Waals surface area contributed by atoms with Crippen LogP contribution in [0.4, 0.5) is 0 Å². The monoisotopic (exact) mass is 203 g/mol. The molecule has 5 heteroatoms. The van der Waals surface area contributed by atoms with Gasteiger partial charge in [-0.1, -0.05) is 18.1 Å². The molecule has 0 spiro atoms. The Labute approximate surface area is 88.1 Å². The Bertz CT molecular complexity index is 398. The number of carbonyl (C=O) groups is 1. The Balaban J connectivity index is 2.82. The highest BCUT2D eigenvalue weighted by Crippen LogP contribution is 1.96. The number of hydrogen-bond acceptors (Lipinski definition) is 3. The summed E-state index contributed by atoms with van der Waals surface area (Å²) in [5.74, 6) is 1.94. The number of carbonyl (C=O) groups excluding carboxylic acids is 1. The van der Waals surface area contributed by atoms with E-state index < -0.39 is 7.12 Å². The highest BCUT2D eigenvalue weighted by atomic mass is 16.4. The third kappa shape index (κ3) is 3.13. The fourth-order valence-corrected chi connectivity index (χ4v) is 1.07. The molecule has 0 heterocycles. The molecule has 0 fully saturated rings. The maximum Gasteiger partial charge on any atom is 0.488 e. The topological polar surface area (TPSA) is 69.6 Å². The highest BCUT2D eigenvalue weighted by Gasteiger charge is 2.12. The van der Waals surface area contributed by atoms with Crippen molar-refractivity contribution in [3.63, 3.8) is 0 Å². The van der Waals surface area contributed by atoms with Gasteiger partial charge in [-0.2, -0.15) is 0 Å². The van der Waals surface area contributed by atoms with Crippen LogP contribution >= 0.6 is 0 Å². The average Bonchev–Trinajstić information content (AvgIpc) is 2.26. The lowest BCUT2D eigenvalue weighted by molar-refractivity contribution is 0.0959. The van der Waals surface area contributed by atoms with E-state index >= 15 is 0 Å². The van der Waals surface area contributed by atoms with Crippen LogP contribution < -0.4 is 10.8 Å². The molecule has 3 N–H and O–H groups in total. The lowest BCUT2D eigenvalue weighted by atomic mass is 9.79. The van der Waals surface area contributed by atoms with Crippen LogP contribution in [-0.4, -0.2) is 29.6 Å². The van der Waals surface area contributed by atoms with Gasteiger partial charge >= 0.3 is 7.12 Å². The van der Waals surface area contributed by atoms with E-state index in [2.05, 4.69) is 11.2 Å². The van der Waals surface area contributed by atoms with Crippen LogP contribution in [0.1, 0.15) is 10.4 Å². The highest BCUT2D eigenvalue weighted by molar-refractivity contribution is 6.58. The first-order valence-corrected chi connectivity index (χ1v) is 4.33. The van der Waals surface area contributed by atoms with Gasteiger partial charge in [-0.25, -0.2) is 0 Å². The van der Waals surface area contributed by atoms with Crippen LogP contribution in [0.15, 0.2) is 24.3 Å². The summed E-state index contributed by atoms with van der Waals surface area (Å²) in [4.78, 5) is 11.4. The number of nitrogens with one attached hydrogen (secondary N) is 1. The summed E-state index contributed by atoms with van der Waals surface area (Å²) in [6, 6.07) is 6.05. The maximum absolute atomic E-state index is 11.4. The fourth-order valence-electron chi connectivity index (χ4n) is 1.07. The number of hydrogen-bond donors (Lipinski definition) is 3. The summed E-state index contributed by atoms with van der Waals surface area (Å²) in [5, 5.41) is 20.3. The van der Waals surface area contributed by atoms with Crippen molar-refractivity contribution in [1.82, 2.24) is 5.32 Å². The molecule has 1 aromatic carbocycles. The SMILES string of the molecule is C#CCNC(=O)c1cccc(B(O)O)c1. The van der Waals surface area contributed by atoms with Crippen molar-refractivity contribution in [2.45, 2.75) is 0 Å². The summed E-state index contributed by atoms with van der Waals surface area (Å²) >= 11 is 0. The Morgan fingerprint density at radius 1 is 1.53 bits per heavy atom. The minimum Gasteiger partial charge on any atom is -0.423 e. The zero-order valence-corrected chi connectivity index (χ0v) is 7.97. The van der Waals surface area contributed by atoms with Crippen LogP contribution in [0.2, 0.25) is 0 Å². The Kier molecular flexibility index (Phi) is 3.92. The number of benzene rings is 1. The van der Waals surface area contributed by atoms with E-state index in [-0.39, 0.29) is 17.9 Å². The zero-order chi connectivity index (χ0) is 11.3. The van der Waals surface area contributed by atoms with Gasteiger partial charge in [0.25, 0.3) is 5.91 Å². The van der Waals surface area contributed by atoms with Crippen molar-refractivity contribution in [1.29, 1.82) is 0 Å². The van der Waals surface area contributed by atoms with Crippen LogP contribution in [0.3, 0.4) is 0 Å². The Morgan fingerprint density at radius 3 is 2.87 bits per heavy atom. The van der Waals surface area contributed by atoms with E-state index in [1.165, 1.54) is 12.1 Å². The molecule has 0 unspecified atom stereocenters. The van der Waals surface area contributed by atoms with Crippen molar-refractivity contribution in [3.8, 4) is 12.3 Å². The van der Waals surface area contributed by atoms with E-state index in [9.17, 15) is 4.79 Å². The number of amides is 1. The van der Waals surface area contributed by atoms with Crippen molar-refractivity contribution in [3.05, 3.63) is 29.8 Å². The van der Waals surface area contributed by atoms with Crippen LogP contribution in [0.25, 0.3) is 0 Å². The molecule has 0 saturated carbocycles. The summed E-state index contributed by atoms with van der Waals surface area (Å²) in [5.41, 5.74) is 0.610. The van der Waals surface area contributed by atoms with Crippen molar-refractivity contribution >= 4 is 18.5 Å². The van der Waals surface area contributed by atoms with Gasteiger partial charge in [0.1, 0.15) is 0 Å². The van der Waals surface area contributed by atoms with E-state index in [0.29, 0.717) is 5.56 Å². The normalized spacial score (nSPS) is 9.13. The second-order valence-electron chi connectivity index (χ2n) is 2.89. The second-order valence-corrected chi connectivity index (χ2v) is 2.89. The number of terminal acetylenes is 1. The van der Waals surface area contributed by atoms with E-state index in [1.807, 2.05) is 0 Å². The van der Waals surface area contributed by atoms with E-state index in [1.54, 1.807) is 12.1 Å². The predicted octanol–water partition coefficient (Wildman–Crippen LogP) is -1.27. The van der Waals surface area contributed by atoms with E-state index in [0.717, 1.165) is 0 Å². The van der Waals surface area contributed by atoms with Gasteiger partial charge in [0.2, 0.25) is 0 Å². The molecule has 1 amide bonds. The molecule has 1 aromatic rings. The lowest BCUT2D eigenvalue weighted by Gasteiger charge is -2.04. The van der Waals surface area contributed by atoms with Gasteiger partial charge in [-0.15, -0.1) is 6.42 Å². The minimum absolute atomic E-state index is 0.144. The minimum atomic E-state index is -1.58. The molecule has 15 heavy (non-hydrogen) atoms. The quantitative estimate of drug-likeness (QED) is 0.423.